The molecular weight excluding hydrogens is 370 g/mol. The summed E-state index contributed by atoms with van der Waals surface area (Å²) in [5.41, 5.74) is 0.995. The van der Waals surface area contributed by atoms with Crippen LogP contribution in [-0.4, -0.2) is 33.1 Å². The van der Waals surface area contributed by atoms with Crippen LogP contribution in [0.2, 0.25) is 0 Å². The zero-order valence-electron chi connectivity index (χ0n) is 15.8. The highest BCUT2D eigenvalue weighted by atomic mass is 19.2. The minimum absolute atomic E-state index is 0.0899. The SMILES string of the molecule is CNC(=O)C(NC(=O)CCc1ccc(OC)c(OC)c1)c1ccc(F)c(F)c1. The Morgan fingerprint density at radius 3 is 2.32 bits per heavy atom. The van der Waals surface area contributed by atoms with Crippen molar-refractivity contribution in [3.63, 3.8) is 0 Å². The maximum absolute atomic E-state index is 13.5. The zero-order chi connectivity index (χ0) is 20.7. The first-order chi connectivity index (χ1) is 13.4. The van der Waals surface area contributed by atoms with Gasteiger partial charge >= 0.3 is 0 Å². The third-order valence-corrected chi connectivity index (χ3v) is 4.18. The second-order valence-corrected chi connectivity index (χ2v) is 5.98. The third-order valence-electron chi connectivity index (χ3n) is 4.18. The quantitative estimate of drug-likeness (QED) is 0.724. The van der Waals surface area contributed by atoms with Gasteiger partial charge in [-0.2, -0.15) is 0 Å². The van der Waals surface area contributed by atoms with E-state index < -0.39 is 29.5 Å². The number of likely N-dealkylation sites (N-methyl/N-ethyl adjacent to an activating group) is 1. The number of ether oxygens (including phenoxy) is 2. The smallest absolute Gasteiger partial charge is 0.246 e. The highest BCUT2D eigenvalue weighted by Gasteiger charge is 2.23. The van der Waals surface area contributed by atoms with Gasteiger partial charge in [0.2, 0.25) is 11.8 Å². The Morgan fingerprint density at radius 2 is 1.71 bits per heavy atom. The van der Waals surface area contributed by atoms with E-state index in [9.17, 15) is 18.4 Å². The Balaban J connectivity index is 2.07. The lowest BCUT2D eigenvalue weighted by atomic mass is 10.0. The molecule has 2 rings (SSSR count). The summed E-state index contributed by atoms with van der Waals surface area (Å²) in [4.78, 5) is 24.4. The topological polar surface area (TPSA) is 76.7 Å². The number of methoxy groups -OCH3 is 2. The van der Waals surface area contributed by atoms with Gasteiger partial charge in [-0.15, -0.1) is 0 Å². The highest BCUT2D eigenvalue weighted by molar-refractivity contribution is 5.88. The second-order valence-electron chi connectivity index (χ2n) is 5.98. The van der Waals surface area contributed by atoms with Crippen molar-refractivity contribution < 1.29 is 27.8 Å². The van der Waals surface area contributed by atoms with Gasteiger partial charge in [0.25, 0.3) is 0 Å². The predicted octanol–water partition coefficient (Wildman–Crippen LogP) is 2.52. The van der Waals surface area contributed by atoms with Crippen LogP contribution in [0.1, 0.15) is 23.6 Å². The molecule has 2 aromatic carbocycles. The maximum Gasteiger partial charge on any atom is 0.246 e. The molecule has 0 radical (unpaired) electrons. The van der Waals surface area contributed by atoms with Crippen molar-refractivity contribution >= 4 is 11.8 Å². The average Bonchev–Trinajstić information content (AvgIpc) is 2.71. The van der Waals surface area contributed by atoms with Gasteiger partial charge in [-0.05, 0) is 41.8 Å². The lowest BCUT2D eigenvalue weighted by Gasteiger charge is -2.18. The maximum atomic E-state index is 13.5. The van der Waals surface area contributed by atoms with Crippen molar-refractivity contribution in [2.75, 3.05) is 21.3 Å². The molecule has 0 aliphatic heterocycles. The minimum Gasteiger partial charge on any atom is -0.493 e. The number of hydrogen-bond acceptors (Lipinski definition) is 4. The van der Waals surface area contributed by atoms with Crippen molar-refractivity contribution in [2.45, 2.75) is 18.9 Å². The molecule has 2 N–H and O–H groups in total. The van der Waals surface area contributed by atoms with Gasteiger partial charge < -0.3 is 20.1 Å². The summed E-state index contributed by atoms with van der Waals surface area (Å²) in [6.07, 6.45) is 0.483. The number of amides is 2. The molecule has 0 fully saturated rings. The summed E-state index contributed by atoms with van der Waals surface area (Å²) in [5.74, 6) is -1.94. The standard InChI is InChI=1S/C20H22F2N2O4/c1-23-20(26)19(13-6-7-14(21)15(22)11-13)24-18(25)9-5-12-4-8-16(27-2)17(10-12)28-3/h4,6-8,10-11,19H,5,9H2,1-3H3,(H,23,26)(H,24,25). The highest BCUT2D eigenvalue weighted by Crippen LogP contribution is 2.28. The van der Waals surface area contributed by atoms with Crippen LogP contribution < -0.4 is 20.1 Å². The van der Waals surface area contributed by atoms with E-state index >= 15 is 0 Å². The van der Waals surface area contributed by atoms with Gasteiger partial charge in [0.1, 0.15) is 6.04 Å². The van der Waals surface area contributed by atoms with Crippen LogP contribution in [-0.2, 0) is 16.0 Å². The molecule has 2 aromatic rings. The fourth-order valence-electron chi connectivity index (χ4n) is 2.66. The van der Waals surface area contributed by atoms with E-state index in [-0.39, 0.29) is 12.0 Å². The summed E-state index contributed by atoms with van der Waals surface area (Å²) < 4.78 is 37.1. The van der Waals surface area contributed by atoms with E-state index in [1.165, 1.54) is 27.3 Å². The number of aryl methyl sites for hydroxylation is 1. The number of halogens is 2. The van der Waals surface area contributed by atoms with Crippen molar-refractivity contribution in [3.05, 3.63) is 59.2 Å². The molecule has 1 atom stereocenters. The van der Waals surface area contributed by atoms with E-state index in [0.29, 0.717) is 17.9 Å². The second kappa shape index (κ2) is 9.68. The Morgan fingerprint density at radius 1 is 1.00 bits per heavy atom. The summed E-state index contributed by atoms with van der Waals surface area (Å²) >= 11 is 0. The van der Waals surface area contributed by atoms with Crippen LogP contribution in [0.4, 0.5) is 8.78 Å². The van der Waals surface area contributed by atoms with Crippen molar-refractivity contribution in [1.82, 2.24) is 10.6 Å². The fraction of sp³-hybridized carbons (Fsp3) is 0.300. The van der Waals surface area contributed by atoms with Crippen LogP contribution >= 0.6 is 0 Å². The first-order valence-electron chi connectivity index (χ1n) is 8.56. The lowest BCUT2D eigenvalue weighted by Crippen LogP contribution is -2.39. The number of nitrogens with one attached hydrogen (secondary N) is 2. The average molecular weight is 392 g/mol. The molecule has 6 nitrogen and oxygen atoms in total. The van der Waals surface area contributed by atoms with Crippen LogP contribution in [0.5, 0.6) is 11.5 Å². The van der Waals surface area contributed by atoms with Crippen LogP contribution in [0.3, 0.4) is 0 Å². The number of carbonyl (C=O) groups excluding carboxylic acids is 2. The van der Waals surface area contributed by atoms with E-state index in [4.69, 9.17) is 9.47 Å². The molecule has 2 amide bonds. The largest absolute Gasteiger partial charge is 0.493 e. The summed E-state index contributed by atoms with van der Waals surface area (Å²) in [6, 6.07) is 7.24. The molecule has 0 aromatic heterocycles. The summed E-state index contributed by atoms with van der Waals surface area (Å²) in [7, 11) is 4.44. The summed E-state index contributed by atoms with van der Waals surface area (Å²) in [5, 5.41) is 4.96. The van der Waals surface area contributed by atoms with E-state index in [0.717, 1.165) is 17.7 Å². The zero-order valence-corrected chi connectivity index (χ0v) is 15.8. The molecule has 28 heavy (non-hydrogen) atoms. The van der Waals surface area contributed by atoms with Crippen LogP contribution in [0, 0.1) is 11.6 Å². The van der Waals surface area contributed by atoms with Gasteiger partial charge in [-0.1, -0.05) is 12.1 Å². The molecule has 0 aliphatic rings. The molecular formula is C20H22F2N2O4. The number of rotatable bonds is 8. The Hall–Kier alpha value is -3.16. The minimum atomic E-state index is -1.13. The molecule has 0 aliphatic carbocycles. The van der Waals surface area contributed by atoms with Crippen LogP contribution in [0.15, 0.2) is 36.4 Å². The molecule has 150 valence electrons. The normalized spacial score (nSPS) is 11.5. The summed E-state index contributed by atoms with van der Waals surface area (Å²) in [6.45, 7) is 0. The number of carbonyl (C=O) groups is 2. The molecule has 1 unspecified atom stereocenters. The Labute approximate surface area is 161 Å². The number of benzene rings is 2. The van der Waals surface area contributed by atoms with Crippen molar-refractivity contribution in [2.24, 2.45) is 0 Å². The van der Waals surface area contributed by atoms with E-state index in [1.807, 2.05) is 0 Å². The van der Waals surface area contributed by atoms with Gasteiger partial charge in [-0.3, -0.25) is 9.59 Å². The monoisotopic (exact) mass is 392 g/mol. The van der Waals surface area contributed by atoms with Gasteiger partial charge in [0.15, 0.2) is 23.1 Å². The van der Waals surface area contributed by atoms with Crippen molar-refractivity contribution in [1.29, 1.82) is 0 Å². The predicted molar refractivity (Wildman–Crippen MR) is 99.2 cm³/mol. The molecule has 8 heteroatoms. The third kappa shape index (κ3) is 5.18. The van der Waals surface area contributed by atoms with Gasteiger partial charge in [0.05, 0.1) is 14.2 Å². The number of hydrogen-bond donors (Lipinski definition) is 2. The first kappa shape index (κ1) is 21.1. The van der Waals surface area contributed by atoms with E-state index in [1.54, 1.807) is 18.2 Å². The Bertz CT molecular complexity index is 858. The molecule has 0 saturated carbocycles. The molecule has 0 saturated heterocycles. The van der Waals surface area contributed by atoms with E-state index in [2.05, 4.69) is 10.6 Å². The van der Waals surface area contributed by atoms with Gasteiger partial charge in [0, 0.05) is 13.5 Å². The van der Waals surface area contributed by atoms with Gasteiger partial charge in [-0.25, -0.2) is 8.78 Å². The molecule has 0 spiro atoms. The van der Waals surface area contributed by atoms with Crippen molar-refractivity contribution in [3.8, 4) is 11.5 Å². The fourth-order valence-corrected chi connectivity index (χ4v) is 2.66. The first-order valence-corrected chi connectivity index (χ1v) is 8.56. The Kier molecular flexibility index (Phi) is 7.31. The lowest BCUT2D eigenvalue weighted by molar-refractivity contribution is -0.128. The molecule has 0 bridgehead atoms. The molecule has 0 heterocycles. The van der Waals surface area contributed by atoms with Crippen LogP contribution in [0.25, 0.3) is 0 Å².